The molecular formula is C22H20N2O5. The van der Waals surface area contributed by atoms with E-state index in [1.807, 2.05) is 30.3 Å². The molecule has 7 heteroatoms. The van der Waals surface area contributed by atoms with Gasteiger partial charge in [-0.3, -0.25) is 24.1 Å². The van der Waals surface area contributed by atoms with Gasteiger partial charge in [0.15, 0.2) is 0 Å². The Labute approximate surface area is 167 Å². The predicted molar refractivity (Wildman–Crippen MR) is 103 cm³/mol. The Morgan fingerprint density at radius 2 is 1.69 bits per heavy atom. The lowest BCUT2D eigenvalue weighted by atomic mass is 9.99. The fourth-order valence-electron chi connectivity index (χ4n) is 3.97. The number of likely N-dealkylation sites (tertiary alicyclic amines) is 1. The number of amides is 3. The molecule has 0 bridgehead atoms. The summed E-state index contributed by atoms with van der Waals surface area (Å²) in [6, 6.07) is 13.7. The van der Waals surface area contributed by atoms with Crippen molar-refractivity contribution in [1.29, 1.82) is 0 Å². The summed E-state index contributed by atoms with van der Waals surface area (Å²) in [5.74, 6) is -2.80. The molecule has 4 rings (SSSR count). The maximum atomic E-state index is 12.8. The normalized spacial score (nSPS) is 20.9. The van der Waals surface area contributed by atoms with E-state index in [9.17, 15) is 24.3 Å². The van der Waals surface area contributed by atoms with Gasteiger partial charge in [0.25, 0.3) is 17.7 Å². The number of aliphatic carboxylic acids is 1. The summed E-state index contributed by atoms with van der Waals surface area (Å²) < 4.78 is 0. The van der Waals surface area contributed by atoms with Crippen molar-refractivity contribution in [2.45, 2.75) is 13.5 Å². The molecule has 0 radical (unpaired) electrons. The van der Waals surface area contributed by atoms with E-state index in [1.54, 1.807) is 6.92 Å². The molecule has 29 heavy (non-hydrogen) atoms. The van der Waals surface area contributed by atoms with Crippen LogP contribution in [-0.4, -0.2) is 51.7 Å². The van der Waals surface area contributed by atoms with E-state index >= 15 is 0 Å². The SMILES string of the molecule is C[C@@H]1CN(C(=O)c2ccc3c(c2)C(=O)N(Cc2ccccc2)C3=O)C[C@H]1C(=O)O. The highest BCUT2D eigenvalue weighted by molar-refractivity contribution is 6.22. The molecule has 0 saturated carbocycles. The van der Waals surface area contributed by atoms with Gasteiger partial charge in [0.1, 0.15) is 0 Å². The summed E-state index contributed by atoms with van der Waals surface area (Å²) >= 11 is 0. The van der Waals surface area contributed by atoms with Crippen LogP contribution in [0.5, 0.6) is 0 Å². The fraction of sp³-hybridized carbons (Fsp3) is 0.273. The Morgan fingerprint density at radius 1 is 1.00 bits per heavy atom. The molecule has 1 saturated heterocycles. The summed E-state index contributed by atoms with van der Waals surface area (Å²) in [6.45, 7) is 2.46. The molecule has 7 nitrogen and oxygen atoms in total. The van der Waals surface area contributed by atoms with Gasteiger partial charge < -0.3 is 10.0 Å². The van der Waals surface area contributed by atoms with Crippen LogP contribution in [0.3, 0.4) is 0 Å². The Kier molecular flexibility index (Phi) is 4.66. The summed E-state index contributed by atoms with van der Waals surface area (Å²) in [6.07, 6.45) is 0. The molecule has 148 valence electrons. The number of hydrogen-bond donors (Lipinski definition) is 1. The van der Waals surface area contributed by atoms with Crippen molar-refractivity contribution >= 4 is 23.7 Å². The van der Waals surface area contributed by atoms with Crippen LogP contribution >= 0.6 is 0 Å². The molecule has 1 fully saturated rings. The van der Waals surface area contributed by atoms with Gasteiger partial charge in [-0.2, -0.15) is 0 Å². The van der Waals surface area contributed by atoms with Gasteiger partial charge in [-0.15, -0.1) is 0 Å². The minimum atomic E-state index is -0.918. The van der Waals surface area contributed by atoms with Crippen LogP contribution in [0.15, 0.2) is 48.5 Å². The number of benzene rings is 2. The number of rotatable bonds is 4. The van der Waals surface area contributed by atoms with Crippen LogP contribution < -0.4 is 0 Å². The second kappa shape index (κ2) is 7.16. The van der Waals surface area contributed by atoms with Crippen molar-refractivity contribution in [2.75, 3.05) is 13.1 Å². The molecule has 2 aromatic carbocycles. The van der Waals surface area contributed by atoms with Crippen molar-refractivity contribution in [3.05, 3.63) is 70.8 Å². The first-order valence-corrected chi connectivity index (χ1v) is 9.43. The average Bonchev–Trinajstić information content (AvgIpc) is 3.22. The van der Waals surface area contributed by atoms with E-state index in [1.165, 1.54) is 28.0 Å². The third-order valence-electron chi connectivity index (χ3n) is 5.62. The van der Waals surface area contributed by atoms with Crippen molar-refractivity contribution in [1.82, 2.24) is 9.80 Å². The Balaban J connectivity index is 1.56. The lowest BCUT2D eigenvalue weighted by Crippen LogP contribution is -2.30. The van der Waals surface area contributed by atoms with Crippen LogP contribution in [-0.2, 0) is 11.3 Å². The third kappa shape index (κ3) is 3.29. The summed E-state index contributed by atoms with van der Waals surface area (Å²) in [5, 5.41) is 9.27. The van der Waals surface area contributed by atoms with E-state index in [2.05, 4.69) is 0 Å². The number of fused-ring (bicyclic) bond motifs is 1. The van der Waals surface area contributed by atoms with Gasteiger partial charge in [-0.05, 0) is 29.7 Å². The van der Waals surface area contributed by atoms with Crippen LogP contribution in [0.1, 0.15) is 43.6 Å². The molecule has 2 aliphatic rings. The molecule has 0 aliphatic carbocycles. The molecule has 2 heterocycles. The molecule has 2 atom stereocenters. The summed E-state index contributed by atoms with van der Waals surface area (Å²) in [5.41, 5.74) is 1.60. The van der Waals surface area contributed by atoms with E-state index in [-0.39, 0.29) is 47.5 Å². The second-order valence-corrected chi connectivity index (χ2v) is 7.57. The predicted octanol–water partition coefficient (Wildman–Crippen LogP) is 2.28. The number of hydrogen-bond acceptors (Lipinski definition) is 4. The van der Waals surface area contributed by atoms with Gasteiger partial charge in [-0.25, -0.2) is 0 Å². The van der Waals surface area contributed by atoms with Gasteiger partial charge in [0.05, 0.1) is 23.6 Å². The molecule has 3 amide bonds. The monoisotopic (exact) mass is 392 g/mol. The number of carbonyl (C=O) groups excluding carboxylic acids is 3. The smallest absolute Gasteiger partial charge is 0.308 e. The van der Waals surface area contributed by atoms with Gasteiger partial charge in [0.2, 0.25) is 0 Å². The highest BCUT2D eigenvalue weighted by Gasteiger charge is 2.39. The zero-order valence-corrected chi connectivity index (χ0v) is 15.9. The minimum Gasteiger partial charge on any atom is -0.481 e. The van der Waals surface area contributed by atoms with Crippen molar-refractivity contribution in [3.63, 3.8) is 0 Å². The zero-order chi connectivity index (χ0) is 20.7. The average molecular weight is 392 g/mol. The van der Waals surface area contributed by atoms with Gasteiger partial charge in [0, 0.05) is 18.7 Å². The Hall–Kier alpha value is -3.48. The molecule has 0 aromatic heterocycles. The van der Waals surface area contributed by atoms with Crippen LogP contribution in [0.2, 0.25) is 0 Å². The standard InChI is InChI=1S/C22H20N2O5/c1-13-10-23(12-18(13)22(28)29)19(25)15-7-8-16-17(9-15)21(27)24(20(16)26)11-14-5-3-2-4-6-14/h2-9,13,18H,10-12H2,1H3,(H,28,29)/t13-,18-/m1/s1. The second-order valence-electron chi connectivity index (χ2n) is 7.57. The van der Waals surface area contributed by atoms with E-state index in [4.69, 9.17) is 0 Å². The van der Waals surface area contributed by atoms with Crippen molar-refractivity contribution in [3.8, 4) is 0 Å². The van der Waals surface area contributed by atoms with Crippen molar-refractivity contribution in [2.24, 2.45) is 11.8 Å². The maximum absolute atomic E-state index is 12.8. The molecular weight excluding hydrogens is 372 g/mol. The number of nitrogens with zero attached hydrogens (tertiary/aromatic N) is 2. The van der Waals surface area contributed by atoms with Crippen LogP contribution in [0.4, 0.5) is 0 Å². The topological polar surface area (TPSA) is 95.0 Å². The number of imide groups is 1. The first kappa shape index (κ1) is 18.9. The van der Waals surface area contributed by atoms with Crippen LogP contribution in [0, 0.1) is 11.8 Å². The molecule has 1 N–H and O–H groups in total. The van der Waals surface area contributed by atoms with E-state index in [0.717, 1.165) is 5.56 Å². The van der Waals surface area contributed by atoms with Gasteiger partial charge >= 0.3 is 5.97 Å². The quantitative estimate of drug-likeness (QED) is 0.806. The lowest BCUT2D eigenvalue weighted by Gasteiger charge is -2.16. The molecule has 0 spiro atoms. The maximum Gasteiger partial charge on any atom is 0.308 e. The first-order chi connectivity index (χ1) is 13.9. The van der Waals surface area contributed by atoms with Crippen LogP contribution in [0.25, 0.3) is 0 Å². The highest BCUT2D eigenvalue weighted by atomic mass is 16.4. The Bertz CT molecular complexity index is 1020. The van der Waals surface area contributed by atoms with E-state index < -0.39 is 17.8 Å². The zero-order valence-electron chi connectivity index (χ0n) is 15.9. The molecule has 0 unspecified atom stereocenters. The minimum absolute atomic E-state index is 0.138. The third-order valence-corrected chi connectivity index (χ3v) is 5.62. The number of carboxylic acids is 1. The summed E-state index contributed by atoms with van der Waals surface area (Å²) in [7, 11) is 0. The van der Waals surface area contributed by atoms with Crippen molar-refractivity contribution < 1.29 is 24.3 Å². The van der Waals surface area contributed by atoms with E-state index in [0.29, 0.717) is 6.54 Å². The largest absolute Gasteiger partial charge is 0.481 e. The Morgan fingerprint density at radius 3 is 2.34 bits per heavy atom. The lowest BCUT2D eigenvalue weighted by molar-refractivity contribution is -0.142. The molecule has 2 aromatic rings. The van der Waals surface area contributed by atoms with Gasteiger partial charge in [-0.1, -0.05) is 37.3 Å². The number of carboxylic acid groups (broad SMARTS) is 1. The number of carbonyl (C=O) groups is 4. The highest BCUT2D eigenvalue weighted by Crippen LogP contribution is 2.28. The summed E-state index contributed by atoms with van der Waals surface area (Å²) in [4.78, 5) is 52.3. The molecule has 2 aliphatic heterocycles. The first-order valence-electron chi connectivity index (χ1n) is 9.43. The fourth-order valence-corrected chi connectivity index (χ4v) is 3.97.